The largest absolute Gasteiger partial charge is 0.490 e. The van der Waals surface area contributed by atoms with E-state index in [0.29, 0.717) is 48.8 Å². The number of amides is 1. The second kappa shape index (κ2) is 13.5. The number of hydrogen-bond acceptors (Lipinski definition) is 5. The van der Waals surface area contributed by atoms with Gasteiger partial charge in [-0.15, -0.1) is 0 Å². The maximum absolute atomic E-state index is 15.5. The highest BCUT2D eigenvalue weighted by Crippen LogP contribution is 2.58. The number of benzene rings is 1. The lowest BCUT2D eigenvalue weighted by molar-refractivity contribution is -0.151. The minimum atomic E-state index is -3.45. The Morgan fingerprint density at radius 1 is 0.873 bits per heavy atom. The van der Waals surface area contributed by atoms with E-state index in [2.05, 4.69) is 14.9 Å². The Kier molecular flexibility index (Phi) is 9.13. The predicted octanol–water partition coefficient (Wildman–Crippen LogP) is 9.42. The molecule has 7 fully saturated rings. The number of halogens is 5. The third-order valence-electron chi connectivity index (χ3n) is 14.3. The van der Waals surface area contributed by atoms with Gasteiger partial charge in [0.1, 0.15) is 23.2 Å². The van der Waals surface area contributed by atoms with Crippen LogP contribution in [0, 0.1) is 23.7 Å². The quantitative estimate of drug-likeness (QED) is 0.220. The molecule has 0 radical (unpaired) electrons. The minimum absolute atomic E-state index is 0.00621. The molecule has 7 aliphatic rings. The van der Waals surface area contributed by atoms with Crippen LogP contribution in [0.15, 0.2) is 36.5 Å². The summed E-state index contributed by atoms with van der Waals surface area (Å²) in [6.45, 7) is 1.92. The number of fused-ring (bicyclic) bond motifs is 1. The van der Waals surface area contributed by atoms with Crippen molar-refractivity contribution >= 4 is 22.6 Å². The Morgan fingerprint density at radius 2 is 1.51 bits per heavy atom. The minimum Gasteiger partial charge on any atom is -0.490 e. The van der Waals surface area contributed by atoms with E-state index in [1.54, 1.807) is 6.07 Å². The number of hydrogen-bond donors (Lipinski definition) is 1. The SMILES string of the molecule is CC(=O)C1(NC(=O)c2ccc(-c3cn(C4CCC(F)CC4)c4cc(O[C@H]5CC[C@H](N6CC(F)(F)C6)CC5)ccc34)nc2C(C)(F)F)C2CC3CC(C2)CC1C3. The molecule has 10 rings (SSSR count). The Labute approximate surface area is 318 Å². The molecule has 1 aliphatic heterocycles. The molecule has 3 aromatic rings. The number of carbonyl (C=O) groups excluding carboxylic acids is 2. The summed E-state index contributed by atoms with van der Waals surface area (Å²) in [7, 11) is 0. The number of aromatic nitrogens is 2. The van der Waals surface area contributed by atoms with E-state index in [0.717, 1.165) is 69.2 Å². The van der Waals surface area contributed by atoms with E-state index in [1.165, 1.54) is 19.4 Å². The first-order valence-corrected chi connectivity index (χ1v) is 20.5. The van der Waals surface area contributed by atoms with Crippen molar-refractivity contribution in [1.82, 2.24) is 19.8 Å². The van der Waals surface area contributed by atoms with Crippen molar-refractivity contribution in [2.75, 3.05) is 13.1 Å². The van der Waals surface area contributed by atoms with Crippen molar-refractivity contribution in [3.8, 4) is 17.0 Å². The van der Waals surface area contributed by atoms with Crippen LogP contribution in [0.1, 0.15) is 119 Å². The second-order valence-electron chi connectivity index (χ2n) is 18.0. The molecule has 296 valence electrons. The standard InChI is InChI=1S/C43H51F5N4O3/c1-24(53)43(27-16-25-15-26(18-27)19-28(43)17-25)50-40(54)35-13-14-37(49-39(35)41(2,45)46)36-21-52(31-5-3-29(44)4-6-31)38-20-33(11-12-34(36)38)55-32-9-7-30(8-10-32)51-22-42(47,48)23-51/h11-14,20-21,25-32H,3-10,15-19,22-23H2,1-2H3,(H,50,54)/t25?,26?,27?,28?,29?,30-,31?,32-,43?. The zero-order valence-corrected chi connectivity index (χ0v) is 31.6. The summed E-state index contributed by atoms with van der Waals surface area (Å²) >= 11 is 0. The lowest BCUT2D eigenvalue weighted by Crippen LogP contribution is -2.69. The zero-order chi connectivity index (χ0) is 38.4. The van der Waals surface area contributed by atoms with Gasteiger partial charge < -0.3 is 14.6 Å². The summed E-state index contributed by atoms with van der Waals surface area (Å²) in [6, 6.07) is 8.87. The molecular weight excluding hydrogens is 715 g/mol. The van der Waals surface area contributed by atoms with Crippen LogP contribution < -0.4 is 10.1 Å². The predicted molar refractivity (Wildman–Crippen MR) is 198 cm³/mol. The monoisotopic (exact) mass is 766 g/mol. The number of rotatable bonds is 9. The number of likely N-dealkylation sites (tertiary alicyclic amines) is 1. The molecule has 0 atom stereocenters. The molecule has 2 aromatic heterocycles. The van der Waals surface area contributed by atoms with E-state index in [9.17, 15) is 22.8 Å². The van der Waals surface area contributed by atoms with Gasteiger partial charge in [-0.05, 0) is 138 Å². The highest BCUT2D eigenvalue weighted by atomic mass is 19.3. The zero-order valence-electron chi connectivity index (χ0n) is 31.6. The fraction of sp³-hybridized carbons (Fsp3) is 0.651. The smallest absolute Gasteiger partial charge is 0.287 e. The molecular formula is C43H51F5N4O3. The van der Waals surface area contributed by atoms with E-state index >= 15 is 8.78 Å². The highest BCUT2D eigenvalue weighted by Gasteiger charge is 2.60. The average Bonchev–Trinajstić information content (AvgIpc) is 3.50. The fourth-order valence-corrected chi connectivity index (χ4v) is 11.8. The van der Waals surface area contributed by atoms with Gasteiger partial charge in [0.05, 0.1) is 36.0 Å². The van der Waals surface area contributed by atoms with Crippen LogP contribution in [-0.2, 0) is 10.7 Å². The van der Waals surface area contributed by atoms with Gasteiger partial charge in [-0.3, -0.25) is 14.5 Å². The number of carbonyl (C=O) groups is 2. The van der Waals surface area contributed by atoms with Crippen LogP contribution in [0.5, 0.6) is 5.75 Å². The average molecular weight is 767 g/mol. The van der Waals surface area contributed by atoms with Gasteiger partial charge >= 0.3 is 0 Å². The molecule has 1 saturated heterocycles. The summed E-state index contributed by atoms with van der Waals surface area (Å²) in [5.74, 6) is -5.06. The van der Waals surface area contributed by atoms with Crippen molar-refractivity contribution in [3.63, 3.8) is 0 Å². The van der Waals surface area contributed by atoms with Gasteiger partial charge in [0.25, 0.3) is 17.8 Å². The molecule has 12 heteroatoms. The Balaban J connectivity index is 1.01. The third-order valence-corrected chi connectivity index (χ3v) is 14.3. The number of nitrogens with zero attached hydrogens (tertiary/aromatic N) is 3. The van der Waals surface area contributed by atoms with Gasteiger partial charge in [-0.1, -0.05) is 0 Å². The van der Waals surface area contributed by atoms with Crippen molar-refractivity contribution in [2.24, 2.45) is 23.7 Å². The van der Waals surface area contributed by atoms with Gasteiger partial charge in [-0.25, -0.2) is 18.2 Å². The normalized spacial score (nSPS) is 34.4. The number of nitrogens with one attached hydrogen (secondary N) is 1. The number of ether oxygens (including phenoxy) is 1. The Morgan fingerprint density at radius 3 is 2.11 bits per heavy atom. The molecule has 6 aliphatic carbocycles. The summed E-state index contributed by atoms with van der Waals surface area (Å²) in [5.41, 5.74) is -0.193. The summed E-state index contributed by atoms with van der Waals surface area (Å²) in [5, 5.41) is 3.83. The topological polar surface area (TPSA) is 76.5 Å². The van der Waals surface area contributed by atoms with Crippen molar-refractivity contribution < 1.29 is 36.3 Å². The molecule has 3 heterocycles. The first kappa shape index (κ1) is 37.1. The van der Waals surface area contributed by atoms with Gasteiger partial charge in [0, 0.05) is 42.2 Å². The number of Topliss-reactive ketones (excluding diaryl/α,β-unsaturated/α-hetero) is 1. The molecule has 4 bridgehead atoms. The summed E-state index contributed by atoms with van der Waals surface area (Å²) in [6.07, 6.45) is 10.8. The molecule has 55 heavy (non-hydrogen) atoms. The lowest BCUT2D eigenvalue weighted by Gasteiger charge is -2.60. The van der Waals surface area contributed by atoms with Crippen LogP contribution in [0.2, 0.25) is 0 Å². The Hall–Kier alpha value is -3.54. The van der Waals surface area contributed by atoms with Crippen LogP contribution in [0.4, 0.5) is 22.0 Å². The molecule has 7 nitrogen and oxygen atoms in total. The molecule has 1 aromatic carbocycles. The van der Waals surface area contributed by atoms with Crippen LogP contribution in [0.25, 0.3) is 22.2 Å². The molecule has 0 unspecified atom stereocenters. The van der Waals surface area contributed by atoms with E-state index in [-0.39, 0.29) is 60.2 Å². The molecule has 6 saturated carbocycles. The molecule has 1 N–H and O–H groups in total. The third kappa shape index (κ3) is 6.65. The van der Waals surface area contributed by atoms with Crippen LogP contribution >= 0.6 is 0 Å². The van der Waals surface area contributed by atoms with Crippen molar-refractivity contribution in [2.45, 2.75) is 139 Å². The maximum atomic E-state index is 15.5. The van der Waals surface area contributed by atoms with E-state index in [1.807, 2.05) is 29.3 Å². The van der Waals surface area contributed by atoms with Crippen molar-refractivity contribution in [3.05, 3.63) is 47.8 Å². The highest BCUT2D eigenvalue weighted by molar-refractivity contribution is 6.01. The summed E-state index contributed by atoms with van der Waals surface area (Å²) < 4.78 is 80.8. The van der Waals surface area contributed by atoms with Crippen molar-refractivity contribution in [1.29, 1.82) is 0 Å². The van der Waals surface area contributed by atoms with E-state index < -0.39 is 35.2 Å². The summed E-state index contributed by atoms with van der Waals surface area (Å²) in [4.78, 5) is 33.9. The second-order valence-corrected chi connectivity index (χ2v) is 18.0. The van der Waals surface area contributed by atoms with Gasteiger partial charge in [-0.2, -0.15) is 8.78 Å². The number of pyridine rings is 1. The maximum Gasteiger partial charge on any atom is 0.287 e. The van der Waals surface area contributed by atoms with Crippen LogP contribution in [0.3, 0.4) is 0 Å². The first-order chi connectivity index (χ1) is 26.2. The lowest BCUT2D eigenvalue weighted by atomic mass is 9.47. The first-order valence-electron chi connectivity index (χ1n) is 20.5. The van der Waals surface area contributed by atoms with E-state index in [4.69, 9.17) is 4.74 Å². The molecule has 0 spiro atoms. The number of alkyl halides is 5. The Bertz CT molecular complexity index is 1940. The molecule has 1 amide bonds. The fourth-order valence-electron chi connectivity index (χ4n) is 11.8. The van der Waals surface area contributed by atoms with Gasteiger partial charge in [0.2, 0.25) is 0 Å². The van der Waals surface area contributed by atoms with Gasteiger partial charge in [0.15, 0.2) is 5.78 Å². The van der Waals surface area contributed by atoms with Crippen LogP contribution in [-0.4, -0.2) is 69.0 Å². The number of ketones is 1.